The molecule has 0 saturated heterocycles. The number of aromatic nitrogens is 2. The Hall–Kier alpha value is -3.21. The lowest BCUT2D eigenvalue weighted by atomic mass is 9.91. The van der Waals surface area contributed by atoms with E-state index in [1.807, 2.05) is 18.5 Å². The summed E-state index contributed by atoms with van der Waals surface area (Å²) >= 11 is 0. The maximum Gasteiger partial charge on any atom is 0.243 e. The minimum atomic E-state index is -3.19. The molecule has 1 aliphatic rings. The molecule has 11 heteroatoms. The number of azo groups is 1. The van der Waals surface area contributed by atoms with Gasteiger partial charge < -0.3 is 14.6 Å². The maximum absolute atomic E-state index is 11.5. The number of phenols is 1. The van der Waals surface area contributed by atoms with Crippen molar-refractivity contribution in [3.05, 3.63) is 42.2 Å². The first-order valence-corrected chi connectivity index (χ1v) is 12.1. The molecule has 3 rings (SSSR count). The minimum absolute atomic E-state index is 0.115. The molecule has 0 spiro atoms. The molecule has 3 N–H and O–H groups in total. The Kier molecular flexibility index (Phi) is 6.97. The van der Waals surface area contributed by atoms with E-state index in [0.717, 1.165) is 43.3 Å². The van der Waals surface area contributed by atoms with E-state index in [-0.39, 0.29) is 35.2 Å². The van der Waals surface area contributed by atoms with Crippen molar-refractivity contribution >= 4 is 27.3 Å². The quantitative estimate of drug-likeness (QED) is 0.415. The highest BCUT2D eigenvalue weighted by atomic mass is 32.2. The van der Waals surface area contributed by atoms with Gasteiger partial charge in [0.05, 0.1) is 23.7 Å². The first kappa shape index (κ1) is 23.5. The van der Waals surface area contributed by atoms with Gasteiger partial charge in [-0.15, -0.1) is 10.2 Å². The second-order valence-corrected chi connectivity index (χ2v) is 9.60. The van der Waals surface area contributed by atoms with Crippen LogP contribution in [0.4, 0.5) is 11.4 Å². The van der Waals surface area contributed by atoms with Crippen LogP contribution >= 0.6 is 0 Å². The number of phenolic OH excluding ortho intramolecular Hbond substituents is 1. The Labute approximate surface area is 187 Å². The first-order valence-electron chi connectivity index (χ1n) is 10.2. The third kappa shape index (κ3) is 5.72. The number of benzene rings is 1. The van der Waals surface area contributed by atoms with Crippen LogP contribution in [-0.4, -0.2) is 37.3 Å². The predicted octanol–water partition coefficient (Wildman–Crippen LogP) is 4.38. The number of carbonyl (C=O) groups excluding carboxylic acids is 1. The molecule has 2 aromatic rings. The van der Waals surface area contributed by atoms with Crippen LogP contribution in [0.15, 0.2) is 41.1 Å². The van der Waals surface area contributed by atoms with E-state index in [1.165, 1.54) is 24.3 Å². The van der Waals surface area contributed by atoms with Crippen molar-refractivity contribution in [2.75, 3.05) is 6.26 Å². The fraction of sp³-hybridized carbons (Fsp3) is 0.429. The molecule has 0 radical (unpaired) electrons. The fourth-order valence-corrected chi connectivity index (χ4v) is 4.28. The summed E-state index contributed by atoms with van der Waals surface area (Å²) in [5.74, 6) is -0.227. The Morgan fingerprint density at radius 1 is 1.34 bits per heavy atom. The van der Waals surface area contributed by atoms with Gasteiger partial charge in [0.2, 0.25) is 5.91 Å². The Morgan fingerprint density at radius 3 is 2.62 bits per heavy atom. The predicted molar refractivity (Wildman–Crippen MR) is 121 cm³/mol. The van der Waals surface area contributed by atoms with Crippen LogP contribution in [0.1, 0.15) is 43.1 Å². The molecule has 1 saturated carbocycles. The summed E-state index contributed by atoms with van der Waals surface area (Å²) in [6, 6.07) is 4.57. The van der Waals surface area contributed by atoms with Gasteiger partial charge in [-0.05, 0) is 57.7 Å². The standard InChI is InChI=1S/C21H28N6O4S/c1-5-20(29)23-15-6-8-16(9-7-15)27-14(3)21(13(2)26-27)25-24-18-11-10-17(12-19(18)28)31-32(4,22)30/h5,10-12,15-16,22,28H,1,6-9H2,2-4H3,(H,23,29). The van der Waals surface area contributed by atoms with Gasteiger partial charge in [0.1, 0.15) is 22.9 Å². The molecule has 1 aromatic heterocycles. The number of rotatable bonds is 7. The first-order chi connectivity index (χ1) is 15.1. The van der Waals surface area contributed by atoms with Crippen molar-refractivity contribution in [1.82, 2.24) is 15.1 Å². The lowest BCUT2D eigenvalue weighted by Gasteiger charge is -2.29. The summed E-state index contributed by atoms with van der Waals surface area (Å²) in [5.41, 5.74) is 2.46. The van der Waals surface area contributed by atoms with Gasteiger partial charge in [0.25, 0.3) is 0 Å². The molecule has 1 aromatic carbocycles. The average molecular weight is 461 g/mol. The summed E-state index contributed by atoms with van der Waals surface area (Å²) in [4.78, 5) is 11.5. The lowest BCUT2D eigenvalue weighted by molar-refractivity contribution is -0.117. The maximum atomic E-state index is 11.5. The average Bonchev–Trinajstić information content (AvgIpc) is 3.00. The Morgan fingerprint density at radius 2 is 2.03 bits per heavy atom. The molecule has 172 valence electrons. The second kappa shape index (κ2) is 9.51. The lowest BCUT2D eigenvalue weighted by Crippen LogP contribution is -2.37. The van der Waals surface area contributed by atoms with Crippen molar-refractivity contribution in [2.24, 2.45) is 10.2 Å². The largest absolute Gasteiger partial charge is 0.505 e. The van der Waals surface area contributed by atoms with Crippen LogP contribution in [-0.2, 0) is 14.8 Å². The van der Waals surface area contributed by atoms with Crippen LogP contribution in [0.5, 0.6) is 11.5 Å². The number of hydrogen-bond donors (Lipinski definition) is 3. The zero-order valence-corrected chi connectivity index (χ0v) is 19.2. The molecule has 1 atom stereocenters. The van der Waals surface area contributed by atoms with E-state index in [4.69, 9.17) is 8.96 Å². The number of nitrogens with one attached hydrogen (secondary N) is 2. The summed E-state index contributed by atoms with van der Waals surface area (Å²) in [6.45, 7) is 7.28. The van der Waals surface area contributed by atoms with E-state index in [1.54, 1.807) is 0 Å². The van der Waals surface area contributed by atoms with Gasteiger partial charge in [0, 0.05) is 12.1 Å². The van der Waals surface area contributed by atoms with Gasteiger partial charge in [-0.25, -0.2) is 8.99 Å². The number of aryl methyl sites for hydroxylation is 1. The van der Waals surface area contributed by atoms with E-state index < -0.39 is 10.0 Å². The normalized spacial score (nSPS) is 20.6. The summed E-state index contributed by atoms with van der Waals surface area (Å²) in [5, 5.41) is 26.2. The number of amides is 1. The zero-order valence-electron chi connectivity index (χ0n) is 18.4. The smallest absolute Gasteiger partial charge is 0.243 e. The van der Waals surface area contributed by atoms with Crippen LogP contribution in [0.3, 0.4) is 0 Å². The van der Waals surface area contributed by atoms with Crippen molar-refractivity contribution in [2.45, 2.75) is 51.6 Å². The van der Waals surface area contributed by atoms with Crippen LogP contribution < -0.4 is 9.50 Å². The third-order valence-electron chi connectivity index (χ3n) is 5.32. The minimum Gasteiger partial charge on any atom is -0.505 e. The third-order valence-corrected chi connectivity index (χ3v) is 5.83. The summed E-state index contributed by atoms with van der Waals surface area (Å²) in [6.07, 6.45) is 5.94. The molecule has 1 fully saturated rings. The molecule has 1 aliphatic carbocycles. The number of hydrogen-bond acceptors (Lipinski definition) is 8. The van der Waals surface area contributed by atoms with Crippen LogP contribution in [0.2, 0.25) is 0 Å². The van der Waals surface area contributed by atoms with Crippen LogP contribution in [0, 0.1) is 18.6 Å². The van der Waals surface area contributed by atoms with Crippen molar-refractivity contribution < 1.29 is 18.3 Å². The SMILES string of the molecule is C=CC(=O)NC1CCC(n2nc(C)c(N=Nc3ccc(OS(C)(=N)=O)cc3O)c2C)CC1. The molecular weight excluding hydrogens is 432 g/mol. The topological polar surface area (TPSA) is 142 Å². The van der Waals surface area contributed by atoms with Crippen molar-refractivity contribution in [3.8, 4) is 11.5 Å². The zero-order chi connectivity index (χ0) is 23.5. The molecule has 10 nitrogen and oxygen atoms in total. The van der Waals surface area contributed by atoms with Gasteiger partial charge in [-0.2, -0.15) is 5.10 Å². The second-order valence-electron chi connectivity index (χ2n) is 7.89. The fourth-order valence-electron chi connectivity index (χ4n) is 3.81. The number of aromatic hydroxyl groups is 1. The number of carbonyl (C=O) groups is 1. The Balaban J connectivity index is 1.72. The van der Waals surface area contributed by atoms with Gasteiger partial charge in [-0.3, -0.25) is 9.48 Å². The van der Waals surface area contributed by atoms with Gasteiger partial charge in [0.15, 0.2) is 10.0 Å². The van der Waals surface area contributed by atoms with Crippen LogP contribution in [0.25, 0.3) is 0 Å². The molecular formula is C21H28N6O4S. The van der Waals surface area contributed by atoms with E-state index in [0.29, 0.717) is 5.69 Å². The number of nitrogens with zero attached hydrogens (tertiary/aromatic N) is 4. The monoisotopic (exact) mass is 460 g/mol. The van der Waals surface area contributed by atoms with E-state index in [2.05, 4.69) is 27.2 Å². The summed E-state index contributed by atoms with van der Waals surface area (Å²) < 4.78 is 25.7. The van der Waals surface area contributed by atoms with E-state index >= 15 is 0 Å². The van der Waals surface area contributed by atoms with Gasteiger partial charge >= 0.3 is 0 Å². The highest BCUT2D eigenvalue weighted by Gasteiger charge is 2.26. The highest BCUT2D eigenvalue weighted by molar-refractivity contribution is 7.87. The molecule has 32 heavy (non-hydrogen) atoms. The molecule has 0 bridgehead atoms. The summed E-state index contributed by atoms with van der Waals surface area (Å²) in [7, 11) is -3.19. The van der Waals surface area contributed by atoms with Crippen molar-refractivity contribution in [1.29, 1.82) is 4.78 Å². The Bertz CT molecular complexity index is 1150. The van der Waals surface area contributed by atoms with Crippen molar-refractivity contribution in [3.63, 3.8) is 0 Å². The molecule has 1 heterocycles. The van der Waals surface area contributed by atoms with E-state index in [9.17, 15) is 14.1 Å². The molecule has 1 amide bonds. The molecule has 0 aliphatic heterocycles. The highest BCUT2D eigenvalue weighted by Crippen LogP contribution is 2.36. The molecule has 1 unspecified atom stereocenters. The van der Waals surface area contributed by atoms with Gasteiger partial charge in [-0.1, -0.05) is 6.58 Å².